The number of furan rings is 1. The SMILES string of the molecule is Cc1cc2nc(SCC(=O)Nc3ccc(N(C)C)cc3)n(Cc3ccco3)c(=O)c2[nH]1. The molecule has 8 nitrogen and oxygen atoms in total. The maximum Gasteiger partial charge on any atom is 0.278 e. The van der Waals surface area contributed by atoms with Crippen molar-refractivity contribution in [3.8, 4) is 0 Å². The fraction of sp³-hybridized carbons (Fsp3) is 0.227. The molecule has 0 radical (unpaired) electrons. The molecule has 2 N–H and O–H groups in total. The summed E-state index contributed by atoms with van der Waals surface area (Å²) in [7, 11) is 3.92. The van der Waals surface area contributed by atoms with Crippen LogP contribution in [0.15, 0.2) is 63.1 Å². The second-order valence-electron chi connectivity index (χ2n) is 7.36. The average molecular weight is 438 g/mol. The zero-order valence-electron chi connectivity index (χ0n) is 17.5. The number of hydrogen-bond donors (Lipinski definition) is 2. The number of H-pyrrole nitrogens is 1. The summed E-state index contributed by atoms with van der Waals surface area (Å²) in [5, 5.41) is 3.34. The predicted molar refractivity (Wildman–Crippen MR) is 123 cm³/mol. The van der Waals surface area contributed by atoms with E-state index in [0.29, 0.717) is 27.6 Å². The lowest BCUT2D eigenvalue weighted by Crippen LogP contribution is -2.24. The number of nitrogens with one attached hydrogen (secondary N) is 2. The van der Waals surface area contributed by atoms with Crippen LogP contribution in [0.25, 0.3) is 11.0 Å². The van der Waals surface area contributed by atoms with Gasteiger partial charge in [0.05, 0.1) is 24.1 Å². The number of fused-ring (bicyclic) bond motifs is 1. The van der Waals surface area contributed by atoms with E-state index >= 15 is 0 Å². The summed E-state index contributed by atoms with van der Waals surface area (Å²) in [5.41, 5.74) is 3.45. The zero-order valence-corrected chi connectivity index (χ0v) is 18.3. The van der Waals surface area contributed by atoms with Gasteiger partial charge in [-0.05, 0) is 49.4 Å². The van der Waals surface area contributed by atoms with Gasteiger partial charge in [0.15, 0.2) is 5.16 Å². The van der Waals surface area contributed by atoms with Crippen molar-refractivity contribution in [1.29, 1.82) is 0 Å². The van der Waals surface area contributed by atoms with Gasteiger partial charge in [0.1, 0.15) is 11.3 Å². The van der Waals surface area contributed by atoms with E-state index < -0.39 is 0 Å². The highest BCUT2D eigenvalue weighted by molar-refractivity contribution is 7.99. The van der Waals surface area contributed by atoms with Crippen molar-refractivity contribution >= 4 is 40.1 Å². The van der Waals surface area contributed by atoms with Gasteiger partial charge in [0, 0.05) is 31.2 Å². The topological polar surface area (TPSA) is 96.2 Å². The minimum atomic E-state index is -0.198. The van der Waals surface area contributed by atoms with E-state index in [-0.39, 0.29) is 23.8 Å². The van der Waals surface area contributed by atoms with Crippen LogP contribution in [-0.4, -0.2) is 40.3 Å². The Morgan fingerprint density at radius 1 is 1.26 bits per heavy atom. The third-order valence-electron chi connectivity index (χ3n) is 4.73. The Hall–Kier alpha value is -3.46. The van der Waals surface area contributed by atoms with Crippen molar-refractivity contribution in [3.63, 3.8) is 0 Å². The van der Waals surface area contributed by atoms with Gasteiger partial charge < -0.3 is 19.6 Å². The molecule has 1 amide bonds. The van der Waals surface area contributed by atoms with E-state index in [1.165, 1.54) is 16.3 Å². The molecule has 160 valence electrons. The summed E-state index contributed by atoms with van der Waals surface area (Å²) < 4.78 is 6.93. The zero-order chi connectivity index (χ0) is 22.0. The predicted octanol–water partition coefficient (Wildman–Crippen LogP) is 3.47. The Morgan fingerprint density at radius 3 is 2.71 bits per heavy atom. The van der Waals surface area contributed by atoms with E-state index in [2.05, 4.69) is 15.3 Å². The van der Waals surface area contributed by atoms with Crippen molar-refractivity contribution in [2.24, 2.45) is 0 Å². The number of thioether (sulfide) groups is 1. The van der Waals surface area contributed by atoms with Crippen LogP contribution in [-0.2, 0) is 11.3 Å². The third-order valence-corrected chi connectivity index (χ3v) is 5.71. The molecular weight excluding hydrogens is 414 g/mol. The summed E-state index contributed by atoms with van der Waals surface area (Å²) in [6.45, 7) is 2.11. The molecule has 1 aromatic carbocycles. The van der Waals surface area contributed by atoms with Crippen LogP contribution in [0.1, 0.15) is 11.5 Å². The Balaban J connectivity index is 1.54. The first-order valence-electron chi connectivity index (χ1n) is 9.73. The molecule has 3 heterocycles. The van der Waals surface area contributed by atoms with Crippen molar-refractivity contribution < 1.29 is 9.21 Å². The van der Waals surface area contributed by atoms with Gasteiger partial charge in [-0.2, -0.15) is 0 Å². The van der Waals surface area contributed by atoms with Crippen LogP contribution in [0, 0.1) is 6.92 Å². The molecule has 0 unspecified atom stereocenters. The van der Waals surface area contributed by atoms with Crippen molar-refractivity contribution in [2.45, 2.75) is 18.6 Å². The minimum Gasteiger partial charge on any atom is -0.467 e. The van der Waals surface area contributed by atoms with Crippen LogP contribution in [0.2, 0.25) is 0 Å². The van der Waals surface area contributed by atoms with E-state index in [0.717, 1.165) is 11.4 Å². The lowest BCUT2D eigenvalue weighted by molar-refractivity contribution is -0.113. The molecule has 3 aromatic heterocycles. The van der Waals surface area contributed by atoms with Gasteiger partial charge in [-0.15, -0.1) is 0 Å². The first-order valence-corrected chi connectivity index (χ1v) is 10.7. The van der Waals surface area contributed by atoms with E-state index in [1.807, 2.05) is 56.3 Å². The summed E-state index contributed by atoms with van der Waals surface area (Å²) in [6, 6.07) is 13.0. The number of carbonyl (C=O) groups excluding carboxylic acids is 1. The van der Waals surface area contributed by atoms with E-state index in [9.17, 15) is 9.59 Å². The van der Waals surface area contributed by atoms with Crippen molar-refractivity contribution in [3.05, 3.63) is 70.5 Å². The van der Waals surface area contributed by atoms with Gasteiger partial charge in [-0.25, -0.2) is 4.98 Å². The number of nitrogens with zero attached hydrogens (tertiary/aromatic N) is 3. The lowest BCUT2D eigenvalue weighted by Gasteiger charge is -2.13. The number of benzene rings is 1. The molecule has 0 aliphatic carbocycles. The molecule has 4 rings (SSSR count). The molecule has 0 saturated heterocycles. The first-order chi connectivity index (χ1) is 14.9. The van der Waals surface area contributed by atoms with E-state index in [4.69, 9.17) is 4.42 Å². The molecule has 0 spiro atoms. The Morgan fingerprint density at radius 2 is 2.03 bits per heavy atom. The van der Waals surface area contributed by atoms with E-state index in [1.54, 1.807) is 18.4 Å². The molecule has 0 bridgehead atoms. The lowest BCUT2D eigenvalue weighted by atomic mass is 10.2. The summed E-state index contributed by atoms with van der Waals surface area (Å²) >= 11 is 1.22. The Bertz CT molecular complexity index is 1260. The number of amides is 1. The first kappa shape index (κ1) is 20.8. The summed E-state index contributed by atoms with van der Waals surface area (Å²) in [6.07, 6.45) is 1.56. The highest BCUT2D eigenvalue weighted by Gasteiger charge is 2.16. The molecule has 4 aromatic rings. The van der Waals surface area contributed by atoms with Crippen molar-refractivity contribution in [1.82, 2.24) is 14.5 Å². The molecule has 9 heteroatoms. The standard InChI is InChI=1S/C22H23N5O3S/c1-14-11-18-20(23-14)21(29)27(12-17-5-4-10-30-17)22(25-18)31-13-19(28)24-15-6-8-16(9-7-15)26(2)3/h4-11,23H,12-13H2,1-3H3,(H,24,28). The minimum absolute atomic E-state index is 0.120. The van der Waals surface area contributed by atoms with Gasteiger partial charge in [0.2, 0.25) is 5.91 Å². The Kier molecular flexibility index (Phi) is 5.85. The number of aromatic amines is 1. The van der Waals surface area contributed by atoms with Gasteiger partial charge >= 0.3 is 0 Å². The molecule has 0 saturated carbocycles. The highest BCUT2D eigenvalue weighted by Crippen LogP contribution is 2.21. The van der Waals surface area contributed by atoms with Crippen LogP contribution in [0.5, 0.6) is 0 Å². The smallest absolute Gasteiger partial charge is 0.278 e. The molecule has 0 aliphatic heterocycles. The summed E-state index contributed by atoms with van der Waals surface area (Å²) in [4.78, 5) is 35.2. The number of hydrogen-bond acceptors (Lipinski definition) is 6. The molecule has 0 aliphatic rings. The van der Waals surface area contributed by atoms with Gasteiger partial charge in [-0.3, -0.25) is 14.2 Å². The quantitative estimate of drug-likeness (QED) is 0.340. The average Bonchev–Trinajstić information content (AvgIpc) is 3.38. The highest BCUT2D eigenvalue weighted by atomic mass is 32.2. The second kappa shape index (κ2) is 8.73. The molecular formula is C22H23N5O3S. The van der Waals surface area contributed by atoms with Crippen LogP contribution in [0.4, 0.5) is 11.4 Å². The fourth-order valence-electron chi connectivity index (χ4n) is 3.19. The number of carbonyl (C=O) groups is 1. The molecule has 31 heavy (non-hydrogen) atoms. The maximum absolute atomic E-state index is 13.0. The fourth-order valence-corrected chi connectivity index (χ4v) is 3.99. The van der Waals surface area contributed by atoms with Crippen LogP contribution in [0.3, 0.4) is 0 Å². The van der Waals surface area contributed by atoms with Gasteiger partial charge in [0.25, 0.3) is 5.56 Å². The van der Waals surface area contributed by atoms with Crippen LogP contribution >= 0.6 is 11.8 Å². The van der Waals surface area contributed by atoms with Crippen LogP contribution < -0.4 is 15.8 Å². The number of rotatable bonds is 7. The largest absolute Gasteiger partial charge is 0.467 e. The normalized spacial score (nSPS) is 11.1. The number of aryl methyl sites for hydroxylation is 1. The van der Waals surface area contributed by atoms with Gasteiger partial charge in [-0.1, -0.05) is 11.8 Å². The maximum atomic E-state index is 13.0. The number of aromatic nitrogens is 3. The molecule has 0 atom stereocenters. The summed E-state index contributed by atoms with van der Waals surface area (Å²) in [5.74, 6) is 0.583. The molecule has 0 fully saturated rings. The van der Waals surface area contributed by atoms with Crippen molar-refractivity contribution in [2.75, 3.05) is 30.1 Å². The second-order valence-corrected chi connectivity index (χ2v) is 8.30. The number of anilines is 2. The Labute approximate surface area is 183 Å². The third kappa shape index (κ3) is 4.66. The monoisotopic (exact) mass is 437 g/mol.